The van der Waals surface area contributed by atoms with Gasteiger partial charge in [0.2, 0.25) is 0 Å². The van der Waals surface area contributed by atoms with E-state index < -0.39 is 12.2 Å². The lowest BCUT2D eigenvalue weighted by Crippen LogP contribution is -2.25. The minimum Gasteiger partial charge on any atom is -0.356 e. The second kappa shape index (κ2) is 21.5. The zero-order valence-electron chi connectivity index (χ0n) is 37.5. The van der Waals surface area contributed by atoms with Gasteiger partial charge in [-0.3, -0.25) is 9.59 Å². The van der Waals surface area contributed by atoms with Gasteiger partial charge in [0.05, 0.1) is 0 Å². The van der Waals surface area contributed by atoms with Crippen molar-refractivity contribution in [2.45, 2.75) is 166 Å². The molecule has 0 radical (unpaired) electrons. The van der Waals surface area contributed by atoms with Crippen LogP contribution in [-0.2, 0) is 4.74 Å². The fourth-order valence-electron chi connectivity index (χ4n) is 13.0. The smallest absolute Gasteiger partial charge is 0.150 e. The van der Waals surface area contributed by atoms with Crippen LogP contribution in [-0.4, -0.2) is 12.6 Å². The summed E-state index contributed by atoms with van der Waals surface area (Å²) in [5, 5.41) is 0. The van der Waals surface area contributed by atoms with Crippen LogP contribution in [0.2, 0.25) is 0 Å². The van der Waals surface area contributed by atoms with Gasteiger partial charge in [0.15, 0.2) is 0 Å². The second-order valence-electron chi connectivity index (χ2n) is 20.1. The van der Waals surface area contributed by atoms with Gasteiger partial charge in [0, 0.05) is 11.1 Å². The standard InChI is InChI=1S/C58H74O3/c1-3-11-41-17-21-43(22-18-41)45-25-29-47(30-26-45)51-33-35-55(53(37-51)39-59)57(49-13-7-5-8-14-49)61-58(50-15-9-6-10-16-50)56-36-34-52(38-54(56)40-60)48-31-27-46(28-32-48)44-23-19-42(12-4-2)20-24-44/h5-10,13-16,33-48,57-58H,3-4,11-12,17-32H2,1-2H3. The highest BCUT2D eigenvalue weighted by Crippen LogP contribution is 2.47. The SMILES string of the molecule is CCCC1CCC(C2CCC(c3ccc(C(OC(c4ccccc4)c4ccc(C5CCC(C6CCC(CCC)CC6)CC5)cc4C=O)c4ccccc4)c(C=O)c3)CC2)CC1. The molecule has 0 heterocycles. The Morgan fingerprint density at radius 2 is 0.803 bits per heavy atom. The number of carbonyl (C=O) groups excluding carboxylic acids is 2. The summed E-state index contributed by atoms with van der Waals surface area (Å²) in [5.41, 5.74) is 7.72. The maximum absolute atomic E-state index is 13.1. The van der Waals surface area contributed by atoms with E-state index in [0.717, 1.165) is 70.3 Å². The van der Waals surface area contributed by atoms with E-state index in [9.17, 15) is 9.59 Å². The number of hydrogen-bond donors (Lipinski definition) is 0. The van der Waals surface area contributed by atoms with Gasteiger partial charge in [-0.1, -0.05) is 150 Å². The van der Waals surface area contributed by atoms with Gasteiger partial charge in [-0.2, -0.15) is 0 Å². The first-order valence-electron chi connectivity index (χ1n) is 25.0. The second-order valence-corrected chi connectivity index (χ2v) is 20.1. The Labute approximate surface area is 368 Å². The lowest BCUT2D eigenvalue weighted by Gasteiger charge is -2.38. The Morgan fingerprint density at radius 3 is 1.13 bits per heavy atom. The van der Waals surface area contributed by atoms with Crippen LogP contribution >= 0.6 is 0 Å². The lowest BCUT2D eigenvalue weighted by atomic mass is 9.68. The van der Waals surface area contributed by atoms with Crippen molar-refractivity contribution in [3.8, 4) is 0 Å². The topological polar surface area (TPSA) is 43.4 Å². The number of ether oxygens (including phenoxy) is 1. The molecule has 2 unspecified atom stereocenters. The summed E-state index contributed by atoms with van der Waals surface area (Å²) >= 11 is 0. The van der Waals surface area contributed by atoms with E-state index in [0.29, 0.717) is 23.0 Å². The van der Waals surface area contributed by atoms with Crippen LogP contribution in [0, 0.1) is 35.5 Å². The van der Waals surface area contributed by atoms with Crippen molar-refractivity contribution in [2.75, 3.05) is 0 Å². The van der Waals surface area contributed by atoms with Gasteiger partial charge in [0.25, 0.3) is 0 Å². The molecule has 61 heavy (non-hydrogen) atoms. The zero-order chi connectivity index (χ0) is 42.0. The van der Waals surface area contributed by atoms with Gasteiger partial charge < -0.3 is 4.74 Å². The third kappa shape index (κ3) is 10.7. The molecule has 4 aliphatic carbocycles. The Bertz CT molecular complexity index is 1810. The van der Waals surface area contributed by atoms with E-state index in [1.165, 1.54) is 140 Å². The molecular weight excluding hydrogens is 745 g/mol. The van der Waals surface area contributed by atoms with Crippen LogP contribution in [0.3, 0.4) is 0 Å². The summed E-state index contributed by atoms with van der Waals surface area (Å²) in [6.07, 6.45) is 28.0. The largest absolute Gasteiger partial charge is 0.356 e. The number of rotatable bonds is 16. The Hall–Kier alpha value is -3.82. The minimum absolute atomic E-state index is 0.489. The van der Waals surface area contributed by atoms with Crippen molar-refractivity contribution in [1.82, 2.24) is 0 Å². The van der Waals surface area contributed by atoms with Gasteiger partial charge in [-0.05, 0) is 170 Å². The number of benzene rings is 4. The summed E-state index contributed by atoms with van der Waals surface area (Å²) in [4.78, 5) is 26.2. The first kappa shape index (κ1) is 43.8. The van der Waals surface area contributed by atoms with Crippen molar-refractivity contribution in [3.63, 3.8) is 0 Å². The van der Waals surface area contributed by atoms with Gasteiger partial charge in [-0.25, -0.2) is 0 Å². The molecule has 4 aromatic carbocycles. The molecule has 4 aliphatic rings. The maximum Gasteiger partial charge on any atom is 0.150 e. The highest BCUT2D eigenvalue weighted by Gasteiger charge is 2.34. The fraction of sp³-hybridized carbons (Fsp3) is 0.552. The quantitative estimate of drug-likeness (QED) is 0.106. The van der Waals surface area contributed by atoms with Crippen LogP contribution in [0.25, 0.3) is 0 Å². The third-order valence-electron chi connectivity index (χ3n) is 16.5. The predicted molar refractivity (Wildman–Crippen MR) is 251 cm³/mol. The summed E-state index contributed by atoms with van der Waals surface area (Å²) in [6.45, 7) is 4.66. The van der Waals surface area contributed by atoms with E-state index in [4.69, 9.17) is 4.74 Å². The average molecular weight is 819 g/mol. The van der Waals surface area contributed by atoms with E-state index in [1.54, 1.807) is 0 Å². The summed E-state index contributed by atoms with van der Waals surface area (Å²) in [7, 11) is 0. The molecule has 0 N–H and O–H groups in total. The zero-order valence-corrected chi connectivity index (χ0v) is 37.5. The normalized spacial score (nSPS) is 28.1. The molecule has 0 aliphatic heterocycles. The van der Waals surface area contributed by atoms with Gasteiger partial charge in [0.1, 0.15) is 24.8 Å². The first-order valence-corrected chi connectivity index (χ1v) is 25.0. The van der Waals surface area contributed by atoms with Crippen molar-refractivity contribution >= 4 is 12.6 Å². The Kier molecular flexibility index (Phi) is 15.4. The van der Waals surface area contributed by atoms with Crippen molar-refractivity contribution in [3.05, 3.63) is 142 Å². The van der Waals surface area contributed by atoms with E-state index in [2.05, 4.69) is 74.5 Å². The molecule has 0 bridgehead atoms. The van der Waals surface area contributed by atoms with E-state index in [1.807, 2.05) is 36.4 Å². The minimum atomic E-state index is -0.509. The highest BCUT2D eigenvalue weighted by molar-refractivity contribution is 5.79. The molecule has 3 nitrogen and oxygen atoms in total. The monoisotopic (exact) mass is 819 g/mol. The van der Waals surface area contributed by atoms with Crippen LogP contribution < -0.4 is 0 Å². The first-order chi connectivity index (χ1) is 30.0. The molecule has 4 saturated carbocycles. The molecule has 0 saturated heterocycles. The lowest BCUT2D eigenvalue weighted by molar-refractivity contribution is 0.0300. The number of hydrogen-bond acceptors (Lipinski definition) is 3. The van der Waals surface area contributed by atoms with Gasteiger partial charge in [-0.15, -0.1) is 0 Å². The molecule has 324 valence electrons. The Morgan fingerprint density at radius 1 is 0.459 bits per heavy atom. The summed E-state index contributed by atoms with van der Waals surface area (Å²) in [6, 6.07) is 33.9. The van der Waals surface area contributed by atoms with Crippen LogP contribution in [0.4, 0.5) is 0 Å². The maximum atomic E-state index is 13.1. The number of aldehydes is 2. The third-order valence-corrected chi connectivity index (χ3v) is 16.5. The molecule has 4 aromatic rings. The van der Waals surface area contributed by atoms with E-state index >= 15 is 0 Å². The molecular formula is C58H74O3. The Balaban J connectivity index is 1.00. The highest BCUT2D eigenvalue weighted by atomic mass is 16.5. The molecule has 3 heteroatoms. The summed E-state index contributed by atoms with van der Waals surface area (Å²) in [5.74, 6) is 6.43. The van der Waals surface area contributed by atoms with Crippen molar-refractivity contribution in [2.24, 2.45) is 35.5 Å². The molecule has 8 rings (SSSR count). The van der Waals surface area contributed by atoms with Gasteiger partial charge >= 0.3 is 0 Å². The molecule has 0 spiro atoms. The molecule has 0 amide bonds. The molecule has 2 atom stereocenters. The van der Waals surface area contributed by atoms with Crippen LogP contribution in [0.5, 0.6) is 0 Å². The predicted octanol–water partition coefficient (Wildman–Crippen LogP) is 16.0. The summed E-state index contributed by atoms with van der Waals surface area (Å²) < 4.78 is 7.34. The fourth-order valence-corrected chi connectivity index (χ4v) is 13.0. The van der Waals surface area contributed by atoms with Crippen molar-refractivity contribution in [1.29, 1.82) is 0 Å². The van der Waals surface area contributed by atoms with Crippen LogP contribution in [0.15, 0.2) is 97.1 Å². The van der Waals surface area contributed by atoms with E-state index in [-0.39, 0.29) is 0 Å². The van der Waals surface area contributed by atoms with Crippen LogP contribution in [0.1, 0.15) is 220 Å². The average Bonchev–Trinajstić information content (AvgIpc) is 3.33. The van der Waals surface area contributed by atoms with Crippen molar-refractivity contribution < 1.29 is 14.3 Å². The molecule has 4 fully saturated rings. The molecule has 0 aromatic heterocycles. The number of carbonyl (C=O) groups is 2.